The van der Waals surface area contributed by atoms with Gasteiger partial charge in [-0.2, -0.15) is 5.10 Å². The summed E-state index contributed by atoms with van der Waals surface area (Å²) in [6, 6.07) is 21.2. The van der Waals surface area contributed by atoms with Crippen LogP contribution in [0.15, 0.2) is 60.7 Å². The predicted octanol–water partition coefficient (Wildman–Crippen LogP) is 5.46. The van der Waals surface area contributed by atoms with Gasteiger partial charge in [-0.05, 0) is 43.1 Å². The van der Waals surface area contributed by atoms with E-state index >= 15 is 0 Å². The highest BCUT2D eigenvalue weighted by Crippen LogP contribution is 2.33. The van der Waals surface area contributed by atoms with Crippen LogP contribution in [0.4, 0.5) is 0 Å². The van der Waals surface area contributed by atoms with E-state index in [1.165, 1.54) is 30.5 Å². The van der Waals surface area contributed by atoms with Crippen molar-refractivity contribution in [2.24, 2.45) is 0 Å². The first-order chi connectivity index (χ1) is 12.3. The number of hydrogen-bond acceptors (Lipinski definition) is 2. The van der Waals surface area contributed by atoms with E-state index in [1.807, 2.05) is 24.3 Å². The van der Waals surface area contributed by atoms with Gasteiger partial charge in [-0.25, -0.2) is 0 Å². The molecule has 0 bridgehead atoms. The molecule has 2 aromatic carbocycles. The second-order valence-electron chi connectivity index (χ2n) is 6.68. The summed E-state index contributed by atoms with van der Waals surface area (Å²) in [5.41, 5.74) is 4.65. The van der Waals surface area contributed by atoms with E-state index in [2.05, 4.69) is 51.5 Å². The van der Waals surface area contributed by atoms with Crippen LogP contribution >= 0.6 is 11.6 Å². The molecule has 4 rings (SSSR count). The van der Waals surface area contributed by atoms with E-state index in [9.17, 15) is 0 Å². The number of H-pyrrole nitrogens is 1. The van der Waals surface area contributed by atoms with Gasteiger partial charge in [-0.1, -0.05) is 60.5 Å². The highest BCUT2D eigenvalue weighted by molar-refractivity contribution is 6.30. The summed E-state index contributed by atoms with van der Waals surface area (Å²) in [4.78, 5) is 2.57. The molecule has 4 heteroatoms. The summed E-state index contributed by atoms with van der Waals surface area (Å²) in [5, 5.41) is 8.57. The van der Waals surface area contributed by atoms with Crippen LogP contribution in [0.25, 0.3) is 11.3 Å². The molecule has 1 fully saturated rings. The van der Waals surface area contributed by atoms with Gasteiger partial charge >= 0.3 is 0 Å². The second kappa shape index (κ2) is 7.42. The van der Waals surface area contributed by atoms with Crippen LogP contribution in [0.3, 0.4) is 0 Å². The number of piperidine rings is 1. The van der Waals surface area contributed by atoms with Crippen LogP contribution in [0.5, 0.6) is 0 Å². The van der Waals surface area contributed by atoms with E-state index < -0.39 is 0 Å². The third-order valence-electron chi connectivity index (χ3n) is 4.94. The normalized spacial score (nSPS) is 18.4. The Balaban J connectivity index is 1.55. The third kappa shape index (κ3) is 3.78. The van der Waals surface area contributed by atoms with Gasteiger partial charge in [0.2, 0.25) is 0 Å². The first-order valence-corrected chi connectivity index (χ1v) is 9.26. The number of nitrogens with zero attached hydrogens (tertiary/aromatic N) is 2. The minimum absolute atomic E-state index is 0.405. The molecule has 3 aromatic rings. The van der Waals surface area contributed by atoms with Gasteiger partial charge in [0.1, 0.15) is 0 Å². The van der Waals surface area contributed by atoms with Crippen molar-refractivity contribution in [1.82, 2.24) is 15.1 Å². The van der Waals surface area contributed by atoms with Crippen LogP contribution in [-0.2, 0) is 6.54 Å². The summed E-state index contributed by atoms with van der Waals surface area (Å²) in [6.45, 7) is 2.12. The first kappa shape index (κ1) is 16.4. The summed E-state index contributed by atoms with van der Waals surface area (Å²) in [5.74, 6) is 0. The number of likely N-dealkylation sites (tertiary alicyclic amines) is 1. The van der Waals surface area contributed by atoms with Crippen LogP contribution < -0.4 is 0 Å². The van der Waals surface area contributed by atoms with E-state index in [4.69, 9.17) is 11.6 Å². The van der Waals surface area contributed by atoms with Crippen molar-refractivity contribution in [3.8, 4) is 11.3 Å². The topological polar surface area (TPSA) is 31.9 Å². The first-order valence-electron chi connectivity index (χ1n) is 8.89. The maximum atomic E-state index is 5.99. The molecule has 0 aliphatic carbocycles. The Morgan fingerprint density at radius 2 is 1.84 bits per heavy atom. The van der Waals surface area contributed by atoms with Gasteiger partial charge in [0, 0.05) is 17.1 Å². The molecule has 128 valence electrons. The maximum Gasteiger partial charge on any atom is 0.0924 e. The molecule has 2 heterocycles. The molecule has 1 aliphatic rings. The van der Waals surface area contributed by atoms with Gasteiger partial charge in [-0.3, -0.25) is 10.00 Å². The molecule has 0 spiro atoms. The fourth-order valence-corrected chi connectivity index (χ4v) is 3.75. The summed E-state index contributed by atoms with van der Waals surface area (Å²) >= 11 is 5.99. The monoisotopic (exact) mass is 351 g/mol. The molecular weight excluding hydrogens is 330 g/mol. The molecule has 25 heavy (non-hydrogen) atoms. The fourth-order valence-electron chi connectivity index (χ4n) is 3.63. The summed E-state index contributed by atoms with van der Waals surface area (Å²) in [6.07, 6.45) is 3.71. The van der Waals surface area contributed by atoms with Crippen LogP contribution in [0.1, 0.15) is 36.6 Å². The Labute approximate surface area is 153 Å². The Morgan fingerprint density at radius 3 is 2.64 bits per heavy atom. The standard InChI is InChI=1S/C21H22ClN3/c22-18-11-9-17(10-12-18)19-14-20(24-23-19)21-8-4-5-13-25(21)15-16-6-2-1-3-7-16/h1-3,6-7,9-12,14,21H,4-5,8,13,15H2,(H,23,24). The highest BCUT2D eigenvalue weighted by Gasteiger charge is 2.25. The van der Waals surface area contributed by atoms with Gasteiger partial charge in [0.15, 0.2) is 0 Å². The lowest BCUT2D eigenvalue weighted by molar-refractivity contribution is 0.137. The van der Waals surface area contributed by atoms with Crippen molar-refractivity contribution in [2.45, 2.75) is 31.8 Å². The van der Waals surface area contributed by atoms with E-state index in [-0.39, 0.29) is 0 Å². The van der Waals surface area contributed by atoms with E-state index in [0.29, 0.717) is 6.04 Å². The smallest absolute Gasteiger partial charge is 0.0924 e. The van der Waals surface area contributed by atoms with Gasteiger partial charge < -0.3 is 0 Å². The summed E-state index contributed by atoms with van der Waals surface area (Å²) in [7, 11) is 0. The molecule has 1 aliphatic heterocycles. The van der Waals surface area contributed by atoms with E-state index in [1.54, 1.807) is 0 Å². The molecule has 1 saturated heterocycles. The van der Waals surface area contributed by atoms with Crippen LogP contribution in [0.2, 0.25) is 5.02 Å². The number of hydrogen-bond donors (Lipinski definition) is 1. The lowest BCUT2D eigenvalue weighted by Gasteiger charge is -2.35. The zero-order valence-corrected chi connectivity index (χ0v) is 14.9. The number of aromatic nitrogens is 2. The van der Waals surface area contributed by atoms with Crippen LogP contribution in [0, 0.1) is 0 Å². The van der Waals surface area contributed by atoms with Crippen molar-refractivity contribution in [3.63, 3.8) is 0 Å². The van der Waals surface area contributed by atoms with Crippen molar-refractivity contribution < 1.29 is 0 Å². The highest BCUT2D eigenvalue weighted by atomic mass is 35.5. The number of rotatable bonds is 4. The zero-order valence-electron chi connectivity index (χ0n) is 14.2. The predicted molar refractivity (Wildman–Crippen MR) is 102 cm³/mol. The van der Waals surface area contributed by atoms with Gasteiger partial charge in [0.05, 0.1) is 17.4 Å². The van der Waals surface area contributed by atoms with Gasteiger partial charge in [-0.15, -0.1) is 0 Å². The summed E-state index contributed by atoms with van der Waals surface area (Å²) < 4.78 is 0. The van der Waals surface area contributed by atoms with Crippen molar-refractivity contribution in [1.29, 1.82) is 0 Å². The molecule has 0 saturated carbocycles. The average molecular weight is 352 g/mol. The number of aromatic amines is 1. The van der Waals surface area contributed by atoms with E-state index in [0.717, 1.165) is 29.4 Å². The molecule has 0 radical (unpaired) electrons. The minimum Gasteiger partial charge on any atom is -0.291 e. The Kier molecular flexibility index (Phi) is 4.86. The Bertz CT molecular complexity index is 811. The fraction of sp³-hybridized carbons (Fsp3) is 0.286. The lowest BCUT2D eigenvalue weighted by atomic mass is 9.98. The molecule has 0 amide bonds. The molecule has 1 atom stereocenters. The lowest BCUT2D eigenvalue weighted by Crippen LogP contribution is -2.33. The average Bonchev–Trinajstić information content (AvgIpc) is 3.14. The Hall–Kier alpha value is -2.10. The minimum atomic E-state index is 0.405. The molecule has 1 aromatic heterocycles. The quantitative estimate of drug-likeness (QED) is 0.677. The maximum absolute atomic E-state index is 5.99. The van der Waals surface area contributed by atoms with Crippen molar-refractivity contribution in [3.05, 3.63) is 76.9 Å². The third-order valence-corrected chi connectivity index (χ3v) is 5.19. The number of halogens is 1. The zero-order chi connectivity index (χ0) is 17.1. The largest absolute Gasteiger partial charge is 0.291 e. The Morgan fingerprint density at radius 1 is 1.04 bits per heavy atom. The second-order valence-corrected chi connectivity index (χ2v) is 7.12. The molecule has 1 unspecified atom stereocenters. The molecule has 3 nitrogen and oxygen atoms in total. The molecule has 1 N–H and O–H groups in total. The van der Waals surface area contributed by atoms with Crippen molar-refractivity contribution in [2.75, 3.05) is 6.54 Å². The number of nitrogens with one attached hydrogen (secondary N) is 1. The van der Waals surface area contributed by atoms with Crippen molar-refractivity contribution >= 4 is 11.6 Å². The van der Waals surface area contributed by atoms with Gasteiger partial charge in [0.25, 0.3) is 0 Å². The molecular formula is C21H22ClN3. The number of benzene rings is 2. The SMILES string of the molecule is Clc1ccc(-c2cc(C3CCCCN3Cc3ccccc3)[nH]n2)cc1. The van der Waals surface area contributed by atoms with Crippen LogP contribution in [-0.4, -0.2) is 21.6 Å².